The predicted molar refractivity (Wildman–Crippen MR) is 89.1 cm³/mol. The van der Waals surface area contributed by atoms with Crippen molar-refractivity contribution in [3.05, 3.63) is 35.7 Å². The molecule has 6 nitrogen and oxygen atoms in total. The van der Waals surface area contributed by atoms with Gasteiger partial charge in [-0.15, -0.1) is 5.10 Å². The Labute approximate surface area is 137 Å². The molecule has 1 atom stereocenters. The standard InChI is InChI=1S/C17H25N5O/c1-13(18-15-8-6-7-14(11-15)12-23-2)17-19-20-21-22(17)16-9-4-3-5-10-16/h6-8,11,13,16,18H,3-5,9-10,12H2,1-2H3/t13-/m0/s1. The van der Waals surface area contributed by atoms with Crippen LogP contribution in [0.4, 0.5) is 5.69 Å². The third kappa shape index (κ3) is 3.88. The molecule has 1 N–H and O–H groups in total. The van der Waals surface area contributed by atoms with Gasteiger partial charge in [0.1, 0.15) is 0 Å². The number of hydrogen-bond acceptors (Lipinski definition) is 5. The van der Waals surface area contributed by atoms with Gasteiger partial charge in [-0.1, -0.05) is 31.4 Å². The van der Waals surface area contributed by atoms with Crippen LogP contribution in [0.5, 0.6) is 0 Å². The minimum absolute atomic E-state index is 0.0599. The van der Waals surface area contributed by atoms with Gasteiger partial charge in [0.2, 0.25) is 0 Å². The Morgan fingerprint density at radius 3 is 2.91 bits per heavy atom. The van der Waals surface area contributed by atoms with Crippen LogP contribution in [0.2, 0.25) is 0 Å². The summed E-state index contributed by atoms with van der Waals surface area (Å²) in [6.07, 6.45) is 6.21. The van der Waals surface area contributed by atoms with Crippen molar-refractivity contribution in [3.63, 3.8) is 0 Å². The van der Waals surface area contributed by atoms with Crippen LogP contribution in [0.25, 0.3) is 0 Å². The van der Waals surface area contributed by atoms with Crippen molar-refractivity contribution in [2.24, 2.45) is 0 Å². The first-order valence-corrected chi connectivity index (χ1v) is 8.40. The second kappa shape index (κ2) is 7.55. The van der Waals surface area contributed by atoms with E-state index < -0.39 is 0 Å². The van der Waals surface area contributed by atoms with Crippen molar-refractivity contribution in [2.45, 2.75) is 57.7 Å². The van der Waals surface area contributed by atoms with Crippen molar-refractivity contribution in [1.29, 1.82) is 0 Å². The van der Waals surface area contributed by atoms with Crippen molar-refractivity contribution < 1.29 is 4.74 Å². The Morgan fingerprint density at radius 2 is 2.13 bits per heavy atom. The lowest BCUT2D eigenvalue weighted by molar-refractivity contribution is 0.185. The molecule has 1 fully saturated rings. The minimum atomic E-state index is 0.0599. The lowest BCUT2D eigenvalue weighted by Gasteiger charge is -2.24. The highest BCUT2D eigenvalue weighted by Crippen LogP contribution is 2.29. The molecule has 0 aliphatic heterocycles. The maximum Gasteiger partial charge on any atom is 0.173 e. The van der Waals surface area contributed by atoms with Crippen LogP contribution in [0.3, 0.4) is 0 Å². The van der Waals surface area contributed by atoms with Crippen molar-refractivity contribution in [2.75, 3.05) is 12.4 Å². The third-order valence-electron chi connectivity index (χ3n) is 4.45. The summed E-state index contributed by atoms with van der Waals surface area (Å²) in [5, 5.41) is 15.9. The topological polar surface area (TPSA) is 64.9 Å². The highest BCUT2D eigenvalue weighted by Gasteiger charge is 2.22. The molecular weight excluding hydrogens is 290 g/mol. The smallest absolute Gasteiger partial charge is 0.173 e. The summed E-state index contributed by atoms with van der Waals surface area (Å²) in [5.74, 6) is 0.911. The Kier molecular flexibility index (Phi) is 5.23. The van der Waals surface area contributed by atoms with Crippen LogP contribution in [0, 0.1) is 0 Å². The van der Waals surface area contributed by atoms with E-state index in [0.29, 0.717) is 12.6 Å². The van der Waals surface area contributed by atoms with Gasteiger partial charge in [-0.05, 0) is 47.9 Å². The van der Waals surface area contributed by atoms with E-state index in [1.54, 1.807) is 7.11 Å². The van der Waals surface area contributed by atoms with Crippen LogP contribution in [0.1, 0.15) is 62.5 Å². The number of nitrogens with one attached hydrogen (secondary N) is 1. The van der Waals surface area contributed by atoms with Gasteiger partial charge in [0.15, 0.2) is 5.82 Å². The maximum atomic E-state index is 5.19. The second-order valence-electron chi connectivity index (χ2n) is 6.27. The molecule has 0 saturated heterocycles. The van der Waals surface area contributed by atoms with Gasteiger partial charge in [0.05, 0.1) is 18.7 Å². The lowest BCUT2D eigenvalue weighted by Crippen LogP contribution is -2.20. The second-order valence-corrected chi connectivity index (χ2v) is 6.27. The summed E-state index contributed by atoms with van der Waals surface area (Å²) in [4.78, 5) is 0. The Bertz CT molecular complexity index is 621. The monoisotopic (exact) mass is 315 g/mol. The summed E-state index contributed by atoms with van der Waals surface area (Å²) in [6, 6.07) is 8.76. The molecule has 1 aromatic heterocycles. The molecule has 3 rings (SSSR count). The molecule has 1 saturated carbocycles. The first kappa shape index (κ1) is 15.9. The zero-order valence-electron chi connectivity index (χ0n) is 13.9. The van der Waals surface area contributed by atoms with Gasteiger partial charge in [0, 0.05) is 12.8 Å². The number of aromatic nitrogens is 4. The molecule has 124 valence electrons. The molecule has 1 aliphatic carbocycles. The SMILES string of the molecule is COCc1cccc(N[C@@H](C)c2nnnn2C2CCCCC2)c1. The Morgan fingerprint density at radius 1 is 1.30 bits per heavy atom. The summed E-state index contributed by atoms with van der Waals surface area (Å²) in [5.41, 5.74) is 2.21. The zero-order valence-corrected chi connectivity index (χ0v) is 13.9. The van der Waals surface area contributed by atoms with Gasteiger partial charge in [-0.25, -0.2) is 4.68 Å². The number of anilines is 1. The molecule has 0 bridgehead atoms. The molecule has 6 heteroatoms. The first-order valence-electron chi connectivity index (χ1n) is 8.40. The Balaban J connectivity index is 1.72. The van der Waals surface area contributed by atoms with E-state index in [9.17, 15) is 0 Å². The number of tetrazole rings is 1. The van der Waals surface area contributed by atoms with E-state index >= 15 is 0 Å². The van der Waals surface area contributed by atoms with Crippen molar-refractivity contribution >= 4 is 5.69 Å². The minimum Gasteiger partial charge on any atom is -0.380 e. The highest BCUT2D eigenvalue weighted by molar-refractivity contribution is 5.46. The predicted octanol–water partition coefficient (Wildman–Crippen LogP) is 3.50. The van der Waals surface area contributed by atoms with E-state index in [1.807, 2.05) is 10.7 Å². The normalized spacial score (nSPS) is 17.1. The van der Waals surface area contributed by atoms with E-state index in [0.717, 1.165) is 17.1 Å². The summed E-state index contributed by atoms with van der Waals surface area (Å²) >= 11 is 0. The van der Waals surface area contributed by atoms with E-state index in [4.69, 9.17) is 4.74 Å². The summed E-state index contributed by atoms with van der Waals surface area (Å²) < 4.78 is 7.22. The van der Waals surface area contributed by atoms with Gasteiger partial charge in [0.25, 0.3) is 0 Å². The van der Waals surface area contributed by atoms with Crippen LogP contribution in [0.15, 0.2) is 24.3 Å². The van der Waals surface area contributed by atoms with Crippen LogP contribution < -0.4 is 5.32 Å². The zero-order chi connectivity index (χ0) is 16.1. The fourth-order valence-corrected chi connectivity index (χ4v) is 3.30. The largest absolute Gasteiger partial charge is 0.380 e. The molecule has 1 aliphatic rings. The van der Waals surface area contributed by atoms with Crippen molar-refractivity contribution in [1.82, 2.24) is 20.2 Å². The van der Waals surface area contributed by atoms with Crippen LogP contribution in [-0.4, -0.2) is 27.3 Å². The van der Waals surface area contributed by atoms with Gasteiger partial charge in [-0.2, -0.15) is 0 Å². The number of ether oxygens (including phenoxy) is 1. The van der Waals surface area contributed by atoms with Gasteiger partial charge >= 0.3 is 0 Å². The highest BCUT2D eigenvalue weighted by atomic mass is 16.5. The number of benzene rings is 1. The lowest BCUT2D eigenvalue weighted by atomic mass is 9.95. The van der Waals surface area contributed by atoms with Crippen LogP contribution >= 0.6 is 0 Å². The fraction of sp³-hybridized carbons (Fsp3) is 0.588. The average Bonchev–Trinajstić information content (AvgIpc) is 3.06. The van der Waals surface area contributed by atoms with E-state index in [-0.39, 0.29) is 6.04 Å². The van der Waals surface area contributed by atoms with Gasteiger partial charge < -0.3 is 10.1 Å². The van der Waals surface area contributed by atoms with Crippen LogP contribution in [-0.2, 0) is 11.3 Å². The molecule has 0 spiro atoms. The number of hydrogen-bond donors (Lipinski definition) is 1. The first-order chi connectivity index (χ1) is 11.3. The molecule has 2 aromatic rings. The number of methoxy groups -OCH3 is 1. The molecule has 1 heterocycles. The molecular formula is C17H25N5O. The number of rotatable bonds is 6. The summed E-state index contributed by atoms with van der Waals surface area (Å²) in [6.45, 7) is 2.72. The van der Waals surface area contributed by atoms with Crippen molar-refractivity contribution in [3.8, 4) is 0 Å². The summed E-state index contributed by atoms with van der Waals surface area (Å²) in [7, 11) is 1.71. The molecule has 0 amide bonds. The van der Waals surface area contributed by atoms with E-state index in [1.165, 1.54) is 32.1 Å². The fourth-order valence-electron chi connectivity index (χ4n) is 3.30. The third-order valence-corrected chi connectivity index (χ3v) is 4.45. The average molecular weight is 315 g/mol. The maximum absolute atomic E-state index is 5.19. The Hall–Kier alpha value is -1.95. The molecule has 1 aromatic carbocycles. The number of nitrogens with zero attached hydrogens (tertiary/aromatic N) is 4. The molecule has 0 unspecified atom stereocenters. The van der Waals surface area contributed by atoms with E-state index in [2.05, 4.69) is 46.0 Å². The van der Waals surface area contributed by atoms with Gasteiger partial charge in [-0.3, -0.25) is 0 Å². The molecule has 23 heavy (non-hydrogen) atoms. The molecule has 0 radical (unpaired) electrons. The quantitative estimate of drug-likeness (QED) is 0.884.